The molecule has 1 unspecified atom stereocenters. The quantitative estimate of drug-likeness (QED) is 0.333. The van der Waals surface area contributed by atoms with E-state index < -0.39 is 23.6 Å². The van der Waals surface area contributed by atoms with E-state index in [1.807, 2.05) is 12.1 Å². The standard InChI is InChI=1S/C32H43F3O/c1-4-6-24-9-13-26(14-10-24)27-17-15-25(16-18-27)22(3)36-32(34,35)30-20-19-29(21-31(30)33)28-11-7-23(5-2)8-12-28/h15-24,26,28H,4-14H2,1-3H3. The first-order valence-corrected chi connectivity index (χ1v) is 14.3. The SMILES string of the molecule is CCCC1CCC(c2ccc(C(C)OC(F)(F)c3ccc(C4CCC(CC)CC4)cc3F)cc2)CC1. The maximum atomic E-state index is 15.0. The first kappa shape index (κ1) is 27.2. The number of rotatable bonds is 9. The third kappa shape index (κ3) is 6.54. The minimum atomic E-state index is -3.70. The Morgan fingerprint density at radius 3 is 1.92 bits per heavy atom. The van der Waals surface area contributed by atoms with Crippen molar-refractivity contribution in [1.82, 2.24) is 0 Å². The van der Waals surface area contributed by atoms with E-state index in [2.05, 4.69) is 26.0 Å². The molecule has 0 aliphatic heterocycles. The van der Waals surface area contributed by atoms with E-state index in [4.69, 9.17) is 4.74 Å². The number of ether oxygens (including phenoxy) is 1. The summed E-state index contributed by atoms with van der Waals surface area (Å²) in [5, 5.41) is 0. The summed E-state index contributed by atoms with van der Waals surface area (Å²) in [6.45, 7) is 6.06. The molecule has 4 rings (SSSR count). The maximum absolute atomic E-state index is 15.0. The highest BCUT2D eigenvalue weighted by Gasteiger charge is 2.38. The summed E-state index contributed by atoms with van der Waals surface area (Å²) in [5.41, 5.74) is 2.11. The molecule has 0 amide bonds. The van der Waals surface area contributed by atoms with E-state index in [0.29, 0.717) is 11.5 Å². The fourth-order valence-electron chi connectivity index (χ4n) is 6.51. The first-order chi connectivity index (χ1) is 17.3. The van der Waals surface area contributed by atoms with Crippen molar-refractivity contribution in [1.29, 1.82) is 0 Å². The molecular formula is C32H43F3O. The summed E-state index contributed by atoms with van der Waals surface area (Å²) >= 11 is 0. The number of halogens is 3. The molecule has 2 aliphatic rings. The second kappa shape index (κ2) is 12.2. The predicted octanol–water partition coefficient (Wildman–Crippen LogP) is 10.4. The molecular weight excluding hydrogens is 457 g/mol. The summed E-state index contributed by atoms with van der Waals surface area (Å²) in [5.74, 6) is 1.52. The third-order valence-electron chi connectivity index (χ3n) is 8.95. The van der Waals surface area contributed by atoms with Crippen molar-refractivity contribution in [3.8, 4) is 0 Å². The van der Waals surface area contributed by atoms with Crippen molar-refractivity contribution >= 4 is 0 Å². The fraction of sp³-hybridized carbons (Fsp3) is 0.625. The smallest absolute Gasteiger partial charge is 0.309 e. The van der Waals surface area contributed by atoms with E-state index in [9.17, 15) is 4.39 Å². The normalized spacial score (nSPS) is 26.1. The molecule has 0 saturated heterocycles. The molecule has 2 aromatic carbocycles. The Hall–Kier alpha value is -1.81. The van der Waals surface area contributed by atoms with E-state index in [-0.39, 0.29) is 5.92 Å². The summed E-state index contributed by atoms with van der Waals surface area (Å²) in [6, 6.07) is 12.1. The van der Waals surface area contributed by atoms with Crippen LogP contribution in [0.5, 0.6) is 0 Å². The molecule has 1 nitrogen and oxygen atoms in total. The van der Waals surface area contributed by atoms with Gasteiger partial charge < -0.3 is 4.74 Å². The van der Waals surface area contributed by atoms with Crippen molar-refractivity contribution in [2.75, 3.05) is 0 Å². The largest absolute Gasteiger partial charge is 0.386 e. The lowest BCUT2D eigenvalue weighted by atomic mass is 9.77. The lowest BCUT2D eigenvalue weighted by Gasteiger charge is -2.29. The van der Waals surface area contributed by atoms with Gasteiger partial charge in [-0.2, -0.15) is 8.78 Å². The average molecular weight is 501 g/mol. The van der Waals surface area contributed by atoms with Gasteiger partial charge in [-0.25, -0.2) is 4.39 Å². The van der Waals surface area contributed by atoms with Crippen LogP contribution in [-0.2, 0) is 10.8 Å². The van der Waals surface area contributed by atoms with Crippen LogP contribution in [0.15, 0.2) is 42.5 Å². The summed E-state index contributed by atoms with van der Waals surface area (Å²) in [4.78, 5) is 0. The van der Waals surface area contributed by atoms with Crippen molar-refractivity contribution in [2.24, 2.45) is 11.8 Å². The molecule has 2 aliphatic carbocycles. The van der Waals surface area contributed by atoms with Gasteiger partial charge in [-0.1, -0.05) is 63.4 Å². The van der Waals surface area contributed by atoms with Crippen molar-refractivity contribution < 1.29 is 17.9 Å². The van der Waals surface area contributed by atoms with Gasteiger partial charge in [0.25, 0.3) is 0 Å². The zero-order chi connectivity index (χ0) is 25.7. The number of alkyl halides is 2. The van der Waals surface area contributed by atoms with Crippen LogP contribution in [0, 0.1) is 17.7 Å². The Bertz CT molecular complexity index is 954. The van der Waals surface area contributed by atoms with Gasteiger partial charge in [0.15, 0.2) is 0 Å². The van der Waals surface area contributed by atoms with Gasteiger partial charge in [0, 0.05) is 0 Å². The van der Waals surface area contributed by atoms with E-state index in [0.717, 1.165) is 43.1 Å². The lowest BCUT2D eigenvalue weighted by molar-refractivity contribution is -0.273. The minimum Gasteiger partial charge on any atom is -0.309 e. The highest BCUT2D eigenvalue weighted by molar-refractivity contribution is 5.30. The second-order valence-corrected chi connectivity index (χ2v) is 11.3. The maximum Gasteiger partial charge on any atom is 0.386 e. The summed E-state index contributed by atoms with van der Waals surface area (Å²) in [6.07, 6.45) is 8.38. The Kier molecular flexibility index (Phi) is 9.19. The van der Waals surface area contributed by atoms with Gasteiger partial charge in [-0.15, -0.1) is 0 Å². The molecule has 1 atom stereocenters. The third-order valence-corrected chi connectivity index (χ3v) is 8.95. The van der Waals surface area contributed by atoms with Crippen LogP contribution < -0.4 is 0 Å². The van der Waals surface area contributed by atoms with E-state index in [1.54, 1.807) is 13.0 Å². The number of benzene rings is 2. The molecule has 0 bridgehead atoms. The van der Waals surface area contributed by atoms with Crippen LogP contribution in [0.25, 0.3) is 0 Å². The van der Waals surface area contributed by atoms with Crippen LogP contribution in [0.2, 0.25) is 0 Å². The highest BCUT2D eigenvalue weighted by Crippen LogP contribution is 2.41. The van der Waals surface area contributed by atoms with E-state index >= 15 is 8.78 Å². The van der Waals surface area contributed by atoms with Crippen LogP contribution >= 0.6 is 0 Å². The monoisotopic (exact) mass is 500 g/mol. The average Bonchev–Trinajstić information content (AvgIpc) is 2.89. The summed E-state index contributed by atoms with van der Waals surface area (Å²) < 4.78 is 50.1. The fourth-order valence-corrected chi connectivity index (χ4v) is 6.51. The minimum absolute atomic E-state index is 0.255. The Morgan fingerprint density at radius 2 is 1.36 bits per heavy atom. The Balaban J connectivity index is 1.36. The molecule has 0 aromatic heterocycles. The van der Waals surface area contributed by atoms with Crippen LogP contribution in [0.1, 0.15) is 132 Å². The molecule has 4 heteroatoms. The Labute approximate surface area is 215 Å². The molecule has 198 valence electrons. The molecule has 36 heavy (non-hydrogen) atoms. The van der Waals surface area contributed by atoms with Gasteiger partial charge in [0.1, 0.15) is 5.82 Å². The molecule has 0 heterocycles. The predicted molar refractivity (Wildman–Crippen MR) is 141 cm³/mol. The number of hydrogen-bond donors (Lipinski definition) is 0. The lowest BCUT2D eigenvalue weighted by Crippen LogP contribution is -2.22. The van der Waals surface area contributed by atoms with Gasteiger partial charge in [-0.05, 0) is 111 Å². The Morgan fingerprint density at radius 1 is 0.806 bits per heavy atom. The number of hydrogen-bond acceptors (Lipinski definition) is 1. The van der Waals surface area contributed by atoms with Crippen molar-refractivity contribution in [3.63, 3.8) is 0 Å². The summed E-state index contributed by atoms with van der Waals surface area (Å²) in [7, 11) is 0. The van der Waals surface area contributed by atoms with Crippen molar-refractivity contribution in [3.05, 3.63) is 70.5 Å². The van der Waals surface area contributed by atoms with Crippen LogP contribution in [0.3, 0.4) is 0 Å². The molecule has 2 fully saturated rings. The van der Waals surface area contributed by atoms with Gasteiger partial charge >= 0.3 is 6.11 Å². The molecule has 0 radical (unpaired) electrons. The van der Waals surface area contributed by atoms with Crippen LogP contribution in [-0.4, -0.2) is 0 Å². The highest BCUT2D eigenvalue weighted by atomic mass is 19.3. The molecule has 0 N–H and O–H groups in total. The molecule has 2 aromatic rings. The topological polar surface area (TPSA) is 9.23 Å². The van der Waals surface area contributed by atoms with Crippen LogP contribution in [0.4, 0.5) is 13.2 Å². The van der Waals surface area contributed by atoms with E-state index in [1.165, 1.54) is 62.6 Å². The van der Waals surface area contributed by atoms with Gasteiger partial charge in [-0.3, -0.25) is 0 Å². The second-order valence-electron chi connectivity index (χ2n) is 11.3. The van der Waals surface area contributed by atoms with Gasteiger partial charge in [0.2, 0.25) is 0 Å². The molecule has 2 saturated carbocycles. The zero-order valence-corrected chi connectivity index (χ0v) is 22.2. The first-order valence-electron chi connectivity index (χ1n) is 14.3. The zero-order valence-electron chi connectivity index (χ0n) is 22.2. The van der Waals surface area contributed by atoms with Gasteiger partial charge in [0.05, 0.1) is 11.7 Å². The van der Waals surface area contributed by atoms with Crippen molar-refractivity contribution in [2.45, 2.75) is 115 Å². The molecule has 0 spiro atoms.